The van der Waals surface area contributed by atoms with E-state index in [-0.39, 0.29) is 5.92 Å². The smallest absolute Gasteiger partial charge is 0.0701 e. The molecule has 0 spiro atoms. The maximum atomic E-state index is 8.78. The summed E-state index contributed by atoms with van der Waals surface area (Å²) in [7, 11) is 0. The molecule has 1 aromatic carbocycles. The van der Waals surface area contributed by atoms with Crippen molar-refractivity contribution in [1.29, 1.82) is 5.26 Å². The number of rotatable bonds is 1. The van der Waals surface area contributed by atoms with Crippen molar-refractivity contribution in [3.05, 3.63) is 33.8 Å². The van der Waals surface area contributed by atoms with Crippen molar-refractivity contribution in [2.75, 3.05) is 0 Å². The highest BCUT2D eigenvalue weighted by molar-refractivity contribution is 6.32. The van der Waals surface area contributed by atoms with Crippen LogP contribution in [0.4, 0.5) is 0 Å². The van der Waals surface area contributed by atoms with Crippen LogP contribution in [0.25, 0.3) is 0 Å². The molecule has 0 saturated heterocycles. The van der Waals surface area contributed by atoms with Crippen LogP contribution in [0.5, 0.6) is 0 Å². The van der Waals surface area contributed by atoms with E-state index in [2.05, 4.69) is 6.07 Å². The summed E-state index contributed by atoms with van der Waals surface area (Å²) in [5.74, 6) is -0.0851. The lowest BCUT2D eigenvalue weighted by Gasteiger charge is -2.10. The second kappa shape index (κ2) is 3.81. The highest BCUT2D eigenvalue weighted by Gasteiger charge is 2.10. The molecule has 0 saturated carbocycles. The number of halogens is 1. The Hall–Kier alpha value is -1.00. The van der Waals surface area contributed by atoms with Gasteiger partial charge in [0.2, 0.25) is 0 Å². The van der Waals surface area contributed by atoms with Crippen LogP contribution in [-0.4, -0.2) is 0 Å². The van der Waals surface area contributed by atoms with Crippen molar-refractivity contribution in [1.82, 2.24) is 0 Å². The zero-order valence-corrected chi connectivity index (χ0v) is 8.81. The average Bonchev–Trinajstić information content (AvgIpc) is 2.13. The molecule has 0 N–H and O–H groups in total. The van der Waals surface area contributed by atoms with Gasteiger partial charge in [-0.05, 0) is 37.5 Å². The second-order valence-electron chi connectivity index (χ2n) is 3.26. The van der Waals surface area contributed by atoms with Gasteiger partial charge < -0.3 is 0 Å². The molecule has 0 heterocycles. The first kappa shape index (κ1) is 10.1. The number of nitrogens with zero attached hydrogens (tertiary/aromatic N) is 1. The van der Waals surface area contributed by atoms with E-state index in [1.165, 1.54) is 0 Å². The fraction of sp³-hybridized carbons (Fsp3) is 0.364. The number of benzene rings is 1. The van der Waals surface area contributed by atoms with Gasteiger partial charge in [-0.15, -0.1) is 0 Å². The van der Waals surface area contributed by atoms with Gasteiger partial charge in [0.1, 0.15) is 0 Å². The molecule has 1 nitrogen and oxygen atoms in total. The van der Waals surface area contributed by atoms with Crippen LogP contribution in [-0.2, 0) is 0 Å². The van der Waals surface area contributed by atoms with Crippen LogP contribution in [0.3, 0.4) is 0 Å². The standard InChI is InChI=1S/C11H12ClN/c1-7-4-5-10(8(2)6-13)9(3)11(7)12/h4-5,8H,1-3H3. The van der Waals surface area contributed by atoms with Crippen molar-refractivity contribution in [3.63, 3.8) is 0 Å². The van der Waals surface area contributed by atoms with E-state index in [1.807, 2.05) is 32.9 Å². The summed E-state index contributed by atoms with van der Waals surface area (Å²) in [6, 6.07) is 6.14. The van der Waals surface area contributed by atoms with E-state index >= 15 is 0 Å². The number of aryl methyl sites for hydroxylation is 1. The molecular formula is C11H12ClN. The van der Waals surface area contributed by atoms with Crippen molar-refractivity contribution < 1.29 is 0 Å². The molecule has 1 unspecified atom stereocenters. The van der Waals surface area contributed by atoms with Crippen LogP contribution in [0.15, 0.2) is 12.1 Å². The van der Waals surface area contributed by atoms with Gasteiger partial charge in [0.05, 0.1) is 12.0 Å². The molecular weight excluding hydrogens is 182 g/mol. The third-order valence-electron chi connectivity index (χ3n) is 2.28. The van der Waals surface area contributed by atoms with E-state index in [4.69, 9.17) is 16.9 Å². The molecule has 0 aromatic heterocycles. The molecule has 1 rings (SSSR count). The summed E-state index contributed by atoms with van der Waals surface area (Å²) < 4.78 is 0. The minimum Gasteiger partial charge on any atom is -0.198 e. The third kappa shape index (κ3) is 1.84. The molecule has 2 heteroatoms. The van der Waals surface area contributed by atoms with Gasteiger partial charge in [-0.2, -0.15) is 5.26 Å². The lowest BCUT2D eigenvalue weighted by Crippen LogP contribution is -1.95. The lowest BCUT2D eigenvalue weighted by molar-refractivity contribution is 0.964. The largest absolute Gasteiger partial charge is 0.198 e. The normalized spacial score (nSPS) is 12.2. The topological polar surface area (TPSA) is 23.8 Å². The zero-order valence-electron chi connectivity index (χ0n) is 8.06. The molecule has 68 valence electrons. The summed E-state index contributed by atoms with van der Waals surface area (Å²) >= 11 is 6.07. The molecule has 1 atom stereocenters. The summed E-state index contributed by atoms with van der Waals surface area (Å²) in [5, 5.41) is 9.56. The Morgan fingerprint density at radius 1 is 1.38 bits per heavy atom. The first-order valence-electron chi connectivity index (χ1n) is 4.23. The number of hydrogen-bond donors (Lipinski definition) is 0. The number of hydrogen-bond acceptors (Lipinski definition) is 1. The first-order chi connectivity index (χ1) is 6.07. The SMILES string of the molecule is Cc1ccc(C(C)C#N)c(C)c1Cl. The fourth-order valence-corrected chi connectivity index (χ4v) is 1.55. The highest BCUT2D eigenvalue weighted by atomic mass is 35.5. The van der Waals surface area contributed by atoms with E-state index in [0.717, 1.165) is 21.7 Å². The molecule has 0 aliphatic heterocycles. The van der Waals surface area contributed by atoms with Crippen molar-refractivity contribution >= 4 is 11.6 Å². The van der Waals surface area contributed by atoms with E-state index in [9.17, 15) is 0 Å². The van der Waals surface area contributed by atoms with Gasteiger partial charge in [-0.3, -0.25) is 0 Å². The Morgan fingerprint density at radius 2 is 2.00 bits per heavy atom. The van der Waals surface area contributed by atoms with Gasteiger partial charge in [0, 0.05) is 5.02 Å². The van der Waals surface area contributed by atoms with E-state index in [1.54, 1.807) is 0 Å². The van der Waals surface area contributed by atoms with Crippen LogP contribution in [0, 0.1) is 25.2 Å². The molecule has 0 aliphatic carbocycles. The van der Waals surface area contributed by atoms with Gasteiger partial charge in [0.15, 0.2) is 0 Å². The maximum absolute atomic E-state index is 8.78. The predicted molar refractivity (Wildman–Crippen MR) is 55.0 cm³/mol. The zero-order chi connectivity index (χ0) is 10.0. The second-order valence-corrected chi connectivity index (χ2v) is 3.64. The molecule has 0 radical (unpaired) electrons. The summed E-state index contributed by atoms with van der Waals surface area (Å²) in [6.07, 6.45) is 0. The molecule has 0 amide bonds. The Morgan fingerprint density at radius 3 is 2.54 bits per heavy atom. The van der Waals surface area contributed by atoms with Crippen molar-refractivity contribution in [3.8, 4) is 6.07 Å². The summed E-state index contributed by atoms with van der Waals surface area (Å²) in [4.78, 5) is 0. The Kier molecular flexibility index (Phi) is 2.95. The molecule has 0 aliphatic rings. The van der Waals surface area contributed by atoms with Gasteiger partial charge in [0.25, 0.3) is 0 Å². The van der Waals surface area contributed by atoms with Crippen LogP contribution < -0.4 is 0 Å². The van der Waals surface area contributed by atoms with Crippen LogP contribution in [0.1, 0.15) is 29.5 Å². The average molecular weight is 194 g/mol. The molecule has 1 aromatic rings. The van der Waals surface area contributed by atoms with Gasteiger partial charge in [-0.25, -0.2) is 0 Å². The quantitative estimate of drug-likeness (QED) is 0.669. The maximum Gasteiger partial charge on any atom is 0.0701 e. The Balaban J connectivity index is 3.28. The fourth-order valence-electron chi connectivity index (χ4n) is 1.37. The first-order valence-corrected chi connectivity index (χ1v) is 4.61. The summed E-state index contributed by atoms with van der Waals surface area (Å²) in [6.45, 7) is 5.81. The third-order valence-corrected chi connectivity index (χ3v) is 2.86. The van der Waals surface area contributed by atoms with E-state index in [0.29, 0.717) is 0 Å². The highest BCUT2D eigenvalue weighted by Crippen LogP contribution is 2.27. The predicted octanol–water partition coefficient (Wildman–Crippen LogP) is 3.58. The van der Waals surface area contributed by atoms with Crippen molar-refractivity contribution in [2.24, 2.45) is 0 Å². The van der Waals surface area contributed by atoms with Gasteiger partial charge >= 0.3 is 0 Å². The Labute approximate surface area is 84.0 Å². The lowest BCUT2D eigenvalue weighted by atomic mass is 9.96. The van der Waals surface area contributed by atoms with Crippen LogP contribution >= 0.6 is 11.6 Å². The minimum atomic E-state index is -0.0851. The number of nitriles is 1. The minimum absolute atomic E-state index is 0.0851. The summed E-state index contributed by atoms with van der Waals surface area (Å²) in [5.41, 5.74) is 3.11. The van der Waals surface area contributed by atoms with Crippen molar-refractivity contribution in [2.45, 2.75) is 26.7 Å². The monoisotopic (exact) mass is 193 g/mol. The van der Waals surface area contributed by atoms with E-state index < -0.39 is 0 Å². The molecule has 0 fully saturated rings. The van der Waals surface area contributed by atoms with Crippen LogP contribution in [0.2, 0.25) is 5.02 Å². The Bertz CT molecular complexity index is 363. The van der Waals surface area contributed by atoms with Gasteiger partial charge in [-0.1, -0.05) is 23.7 Å². The molecule has 0 bridgehead atoms. The molecule has 13 heavy (non-hydrogen) atoms.